The predicted molar refractivity (Wildman–Crippen MR) is 137 cm³/mol. The minimum absolute atomic E-state index is 0.216. The Morgan fingerprint density at radius 2 is 1.89 bits per heavy atom. The molecule has 2 unspecified atom stereocenters. The summed E-state index contributed by atoms with van der Waals surface area (Å²) in [5.74, 6) is 2.75. The molecule has 4 aromatic rings. The number of nitrogens with zero attached hydrogens (tertiary/aromatic N) is 5. The van der Waals surface area contributed by atoms with Crippen molar-refractivity contribution >= 4 is 16.8 Å². The first-order valence-corrected chi connectivity index (χ1v) is 12.8. The molecule has 0 bridgehead atoms. The molecular formula is C28H28N6O3. The molecule has 3 fully saturated rings. The summed E-state index contributed by atoms with van der Waals surface area (Å²) in [7, 11) is 0. The summed E-state index contributed by atoms with van der Waals surface area (Å²) in [5, 5.41) is 7.92. The summed E-state index contributed by atoms with van der Waals surface area (Å²) >= 11 is 0. The standard InChI is InChI=1S/C28H28N6O3/c35-28(27-22-16-36-17-23(22)27)34-11-9-33(10-12-34)15-20-3-1-18-13-21(4-5-24(18)31-20)37-26-6-2-19(14-29-26)25-7-8-30-32-25/h1-8,13-14,22-23,27H,9-12,15-17H2,(H,30,32). The van der Waals surface area contributed by atoms with Crippen molar-refractivity contribution in [3.63, 3.8) is 0 Å². The molecule has 7 rings (SSSR count). The molecule has 2 atom stereocenters. The fraction of sp³-hybridized carbons (Fsp3) is 0.357. The van der Waals surface area contributed by atoms with Crippen LogP contribution in [0.1, 0.15) is 5.69 Å². The van der Waals surface area contributed by atoms with E-state index < -0.39 is 0 Å². The number of carbonyl (C=O) groups excluding carboxylic acids is 1. The van der Waals surface area contributed by atoms with Crippen molar-refractivity contribution in [2.45, 2.75) is 6.54 Å². The van der Waals surface area contributed by atoms with Crippen molar-refractivity contribution in [2.24, 2.45) is 17.8 Å². The molecule has 0 radical (unpaired) electrons. The second-order valence-corrected chi connectivity index (χ2v) is 10.1. The van der Waals surface area contributed by atoms with Crippen LogP contribution in [0.2, 0.25) is 0 Å². The van der Waals surface area contributed by atoms with Crippen LogP contribution in [0.25, 0.3) is 22.2 Å². The number of pyridine rings is 2. The first-order chi connectivity index (χ1) is 18.2. The maximum atomic E-state index is 12.8. The smallest absolute Gasteiger partial charge is 0.226 e. The van der Waals surface area contributed by atoms with Gasteiger partial charge < -0.3 is 14.4 Å². The third-order valence-electron chi connectivity index (χ3n) is 7.80. The topological polar surface area (TPSA) is 96.5 Å². The normalized spacial score (nSPS) is 23.2. The number of hydrogen-bond donors (Lipinski definition) is 1. The molecule has 1 N–H and O–H groups in total. The summed E-state index contributed by atoms with van der Waals surface area (Å²) < 4.78 is 11.4. The molecular weight excluding hydrogens is 468 g/mol. The van der Waals surface area contributed by atoms with E-state index in [0.29, 0.717) is 23.6 Å². The highest BCUT2D eigenvalue weighted by Crippen LogP contribution is 2.51. The van der Waals surface area contributed by atoms with E-state index in [1.165, 1.54) is 0 Å². The molecule has 1 aliphatic carbocycles. The Morgan fingerprint density at radius 1 is 1.03 bits per heavy atom. The van der Waals surface area contributed by atoms with Crippen LogP contribution in [0, 0.1) is 17.8 Å². The van der Waals surface area contributed by atoms with Gasteiger partial charge in [-0.25, -0.2) is 4.98 Å². The number of hydrogen-bond acceptors (Lipinski definition) is 7. The van der Waals surface area contributed by atoms with Crippen LogP contribution in [-0.2, 0) is 16.1 Å². The average molecular weight is 497 g/mol. The first-order valence-electron chi connectivity index (χ1n) is 12.8. The van der Waals surface area contributed by atoms with Crippen molar-refractivity contribution in [2.75, 3.05) is 39.4 Å². The quantitative estimate of drug-likeness (QED) is 0.437. The Bertz CT molecular complexity index is 1410. The first kappa shape index (κ1) is 22.4. The summed E-state index contributed by atoms with van der Waals surface area (Å²) in [6, 6.07) is 15.8. The molecule has 188 valence electrons. The van der Waals surface area contributed by atoms with Crippen molar-refractivity contribution in [1.82, 2.24) is 30.0 Å². The molecule has 3 aliphatic rings. The van der Waals surface area contributed by atoms with Crippen LogP contribution in [-0.4, -0.2) is 75.3 Å². The number of piperazine rings is 1. The van der Waals surface area contributed by atoms with Crippen LogP contribution in [0.15, 0.2) is 60.9 Å². The lowest BCUT2D eigenvalue weighted by Gasteiger charge is -2.35. The number of aromatic amines is 1. The number of carbonyl (C=O) groups is 1. The highest BCUT2D eigenvalue weighted by molar-refractivity contribution is 5.83. The molecule has 37 heavy (non-hydrogen) atoms. The van der Waals surface area contributed by atoms with Gasteiger partial charge in [-0.15, -0.1) is 0 Å². The van der Waals surface area contributed by atoms with E-state index in [4.69, 9.17) is 14.5 Å². The Kier molecular flexibility index (Phi) is 5.59. The zero-order valence-electron chi connectivity index (χ0n) is 20.4. The average Bonchev–Trinajstić information content (AvgIpc) is 3.29. The van der Waals surface area contributed by atoms with Gasteiger partial charge >= 0.3 is 0 Å². The summed E-state index contributed by atoms with van der Waals surface area (Å²) in [4.78, 5) is 26.5. The van der Waals surface area contributed by atoms with Crippen molar-refractivity contribution < 1.29 is 14.3 Å². The van der Waals surface area contributed by atoms with Crippen molar-refractivity contribution in [3.05, 3.63) is 66.6 Å². The summed E-state index contributed by atoms with van der Waals surface area (Å²) in [6.45, 7) is 5.65. The van der Waals surface area contributed by atoms with Gasteiger partial charge in [0.05, 0.1) is 30.1 Å². The Hall–Kier alpha value is -3.82. The van der Waals surface area contributed by atoms with E-state index in [-0.39, 0.29) is 5.92 Å². The van der Waals surface area contributed by atoms with Gasteiger partial charge in [0.15, 0.2) is 0 Å². The third-order valence-corrected chi connectivity index (χ3v) is 7.80. The van der Waals surface area contributed by atoms with Crippen molar-refractivity contribution in [1.29, 1.82) is 0 Å². The molecule has 0 spiro atoms. The fourth-order valence-electron chi connectivity index (χ4n) is 5.61. The number of fused-ring (bicyclic) bond motifs is 2. The van der Waals surface area contributed by atoms with Crippen LogP contribution in [0.4, 0.5) is 0 Å². The van der Waals surface area contributed by atoms with Gasteiger partial charge in [-0.05, 0) is 48.2 Å². The maximum absolute atomic E-state index is 12.8. The minimum Gasteiger partial charge on any atom is -0.439 e. The maximum Gasteiger partial charge on any atom is 0.226 e. The zero-order chi connectivity index (χ0) is 24.8. The van der Waals surface area contributed by atoms with Gasteiger partial charge in [0.2, 0.25) is 11.8 Å². The molecule has 5 heterocycles. The monoisotopic (exact) mass is 496 g/mol. The van der Waals surface area contributed by atoms with Crippen LogP contribution < -0.4 is 4.74 Å². The number of rotatable bonds is 6. The van der Waals surface area contributed by atoms with Gasteiger partial charge in [-0.1, -0.05) is 6.07 Å². The van der Waals surface area contributed by atoms with Crippen LogP contribution >= 0.6 is 0 Å². The Morgan fingerprint density at radius 3 is 2.65 bits per heavy atom. The van der Waals surface area contributed by atoms with Gasteiger partial charge in [-0.3, -0.25) is 19.8 Å². The van der Waals surface area contributed by atoms with Gasteiger partial charge in [0, 0.05) is 68.1 Å². The van der Waals surface area contributed by atoms with Gasteiger partial charge in [-0.2, -0.15) is 5.10 Å². The third kappa shape index (κ3) is 4.45. The second kappa shape index (κ2) is 9.24. The molecule has 3 aromatic heterocycles. The minimum atomic E-state index is 0.216. The van der Waals surface area contributed by atoms with E-state index in [1.807, 2.05) is 36.4 Å². The van der Waals surface area contributed by atoms with Gasteiger partial charge in [0.25, 0.3) is 0 Å². The van der Waals surface area contributed by atoms with E-state index in [2.05, 4.69) is 37.1 Å². The highest BCUT2D eigenvalue weighted by Gasteiger charge is 2.58. The predicted octanol–water partition coefficient (Wildman–Crippen LogP) is 3.35. The molecule has 1 aromatic carbocycles. The van der Waals surface area contributed by atoms with E-state index in [9.17, 15) is 4.79 Å². The SMILES string of the molecule is O=C(C1C2COCC21)N1CCN(Cc2ccc3cc(Oc4ccc(-c5ccn[nH]5)cn4)ccc3n2)CC1. The van der Waals surface area contributed by atoms with E-state index >= 15 is 0 Å². The van der Waals surface area contributed by atoms with Crippen molar-refractivity contribution in [3.8, 4) is 22.9 Å². The second-order valence-electron chi connectivity index (χ2n) is 10.1. The lowest BCUT2D eigenvalue weighted by Crippen LogP contribution is -2.49. The number of aromatic nitrogens is 4. The molecule has 2 saturated heterocycles. The summed E-state index contributed by atoms with van der Waals surface area (Å²) in [5.41, 5.74) is 3.83. The lowest BCUT2D eigenvalue weighted by molar-refractivity contribution is -0.135. The highest BCUT2D eigenvalue weighted by atomic mass is 16.5. The molecule has 1 amide bonds. The largest absolute Gasteiger partial charge is 0.439 e. The number of benzene rings is 1. The van der Waals surface area contributed by atoms with E-state index in [0.717, 1.165) is 79.5 Å². The Labute approximate surface area is 214 Å². The van der Waals surface area contributed by atoms with Gasteiger partial charge in [0.1, 0.15) is 5.75 Å². The van der Waals surface area contributed by atoms with E-state index in [1.54, 1.807) is 12.4 Å². The number of H-pyrrole nitrogens is 1. The number of amides is 1. The molecule has 9 heteroatoms. The lowest BCUT2D eigenvalue weighted by atomic mass is 10.1. The zero-order valence-corrected chi connectivity index (χ0v) is 20.4. The van der Waals surface area contributed by atoms with Crippen LogP contribution in [0.3, 0.4) is 0 Å². The number of ether oxygens (including phenoxy) is 2. The molecule has 2 aliphatic heterocycles. The fourth-order valence-corrected chi connectivity index (χ4v) is 5.61. The molecule has 1 saturated carbocycles. The number of nitrogens with one attached hydrogen (secondary N) is 1. The molecule has 9 nitrogen and oxygen atoms in total. The summed E-state index contributed by atoms with van der Waals surface area (Å²) in [6.07, 6.45) is 3.48. The Balaban J connectivity index is 0.955. The van der Waals surface area contributed by atoms with Crippen LogP contribution in [0.5, 0.6) is 11.6 Å².